The predicted molar refractivity (Wildman–Crippen MR) is 143 cm³/mol. The highest BCUT2D eigenvalue weighted by molar-refractivity contribution is 6.27. The van der Waals surface area contributed by atoms with Crippen LogP contribution in [0, 0.1) is 0 Å². The van der Waals surface area contributed by atoms with Crippen molar-refractivity contribution in [3.8, 4) is 0 Å². The fourth-order valence-electron chi connectivity index (χ4n) is 4.83. The normalized spacial score (nSPS) is 14.6. The number of para-hydroxylation sites is 1. The Balaban J connectivity index is 0.000000568. The van der Waals surface area contributed by atoms with Crippen LogP contribution in [-0.2, 0) is 26.3 Å². The maximum atomic E-state index is 13.3. The molecule has 0 atom stereocenters. The first-order chi connectivity index (χ1) is 17.9. The number of piperidine rings is 1. The van der Waals surface area contributed by atoms with Gasteiger partial charge in [0, 0.05) is 31.7 Å². The standard InChI is InChI=1S/C28H32N2O.C2H2O4/c1-2-27(31)30(26-16-10-5-11-17-26)28(25-14-8-4-9-15-25)19-22-29(23-20-28)21-18-24-12-6-3-7-13-24;3-1(4)2(5)6/h3-17H,2,18-23H2,1H3;(H,3,4)(H,5,6). The van der Waals surface area contributed by atoms with E-state index in [1.165, 1.54) is 11.1 Å². The van der Waals surface area contributed by atoms with E-state index in [9.17, 15) is 4.79 Å². The van der Waals surface area contributed by atoms with E-state index in [1.54, 1.807) is 0 Å². The van der Waals surface area contributed by atoms with Gasteiger partial charge < -0.3 is 20.0 Å². The van der Waals surface area contributed by atoms with Crippen LogP contribution < -0.4 is 4.90 Å². The second kappa shape index (κ2) is 13.4. The fourth-order valence-corrected chi connectivity index (χ4v) is 4.83. The number of carboxylic acid groups (broad SMARTS) is 2. The molecule has 3 aromatic rings. The second-order valence-electron chi connectivity index (χ2n) is 9.00. The quantitative estimate of drug-likeness (QED) is 0.450. The van der Waals surface area contributed by atoms with Crippen LogP contribution in [0.15, 0.2) is 91.0 Å². The number of carboxylic acids is 2. The van der Waals surface area contributed by atoms with E-state index in [4.69, 9.17) is 19.8 Å². The summed E-state index contributed by atoms with van der Waals surface area (Å²) in [5.41, 5.74) is 3.31. The Labute approximate surface area is 218 Å². The Kier molecular flexibility index (Phi) is 9.98. The van der Waals surface area contributed by atoms with Crippen LogP contribution in [0.25, 0.3) is 0 Å². The summed E-state index contributed by atoms with van der Waals surface area (Å²) in [5.74, 6) is -3.46. The van der Waals surface area contributed by atoms with Crippen molar-refractivity contribution in [3.63, 3.8) is 0 Å². The lowest BCUT2D eigenvalue weighted by molar-refractivity contribution is -0.159. The Morgan fingerprint density at radius 2 is 1.27 bits per heavy atom. The number of hydrogen-bond donors (Lipinski definition) is 2. The average Bonchev–Trinajstić information content (AvgIpc) is 2.94. The molecular weight excluding hydrogens is 468 g/mol. The molecule has 194 valence electrons. The molecule has 37 heavy (non-hydrogen) atoms. The van der Waals surface area contributed by atoms with Gasteiger partial charge >= 0.3 is 11.9 Å². The van der Waals surface area contributed by atoms with Gasteiger partial charge in [-0.05, 0) is 42.5 Å². The van der Waals surface area contributed by atoms with Crippen molar-refractivity contribution in [2.24, 2.45) is 0 Å². The monoisotopic (exact) mass is 502 g/mol. The van der Waals surface area contributed by atoms with Crippen molar-refractivity contribution in [2.75, 3.05) is 24.5 Å². The highest BCUT2D eigenvalue weighted by Gasteiger charge is 2.44. The smallest absolute Gasteiger partial charge is 0.414 e. The molecule has 0 aliphatic carbocycles. The number of nitrogens with zero attached hydrogens (tertiary/aromatic N) is 2. The van der Waals surface area contributed by atoms with Crippen LogP contribution in [0.2, 0.25) is 0 Å². The van der Waals surface area contributed by atoms with Crippen LogP contribution in [0.1, 0.15) is 37.3 Å². The summed E-state index contributed by atoms with van der Waals surface area (Å²) in [5, 5.41) is 14.8. The number of hydrogen-bond acceptors (Lipinski definition) is 4. The molecule has 1 fully saturated rings. The predicted octanol–water partition coefficient (Wildman–Crippen LogP) is 4.82. The lowest BCUT2D eigenvalue weighted by Crippen LogP contribution is -2.56. The summed E-state index contributed by atoms with van der Waals surface area (Å²) >= 11 is 0. The maximum absolute atomic E-state index is 13.3. The molecule has 0 aromatic heterocycles. The van der Waals surface area contributed by atoms with Gasteiger partial charge in [-0.1, -0.05) is 85.8 Å². The molecule has 7 nitrogen and oxygen atoms in total. The number of carbonyl (C=O) groups is 3. The highest BCUT2D eigenvalue weighted by Crippen LogP contribution is 2.42. The van der Waals surface area contributed by atoms with Crippen molar-refractivity contribution >= 4 is 23.5 Å². The van der Waals surface area contributed by atoms with Gasteiger partial charge in [-0.15, -0.1) is 0 Å². The maximum Gasteiger partial charge on any atom is 0.414 e. The number of amides is 1. The molecule has 1 amide bonds. The van der Waals surface area contributed by atoms with E-state index >= 15 is 0 Å². The van der Waals surface area contributed by atoms with E-state index in [0.29, 0.717) is 6.42 Å². The summed E-state index contributed by atoms with van der Waals surface area (Å²) in [6.45, 7) is 5.00. The number of benzene rings is 3. The van der Waals surface area contributed by atoms with Gasteiger partial charge in [0.05, 0.1) is 5.54 Å². The Hall–Kier alpha value is -3.97. The Bertz CT molecular complexity index is 1130. The SMILES string of the molecule is CCC(=O)N(c1ccccc1)C1(c2ccccc2)CCN(CCc2ccccc2)CC1.O=C(O)C(=O)O. The van der Waals surface area contributed by atoms with Gasteiger partial charge in [-0.25, -0.2) is 9.59 Å². The zero-order valence-corrected chi connectivity index (χ0v) is 21.1. The van der Waals surface area contributed by atoms with Crippen LogP contribution in [0.3, 0.4) is 0 Å². The van der Waals surface area contributed by atoms with Gasteiger partial charge in [0.25, 0.3) is 0 Å². The van der Waals surface area contributed by atoms with Gasteiger partial charge in [-0.3, -0.25) is 4.79 Å². The van der Waals surface area contributed by atoms with Crippen LogP contribution in [0.4, 0.5) is 5.69 Å². The first-order valence-corrected chi connectivity index (χ1v) is 12.5. The van der Waals surface area contributed by atoms with E-state index < -0.39 is 11.9 Å². The second-order valence-corrected chi connectivity index (χ2v) is 9.00. The molecule has 1 aliphatic heterocycles. The molecule has 0 saturated carbocycles. The number of rotatable bonds is 7. The van der Waals surface area contributed by atoms with Crippen LogP contribution in [0.5, 0.6) is 0 Å². The van der Waals surface area contributed by atoms with Crippen molar-refractivity contribution in [1.82, 2.24) is 4.90 Å². The van der Waals surface area contributed by atoms with Crippen LogP contribution in [-0.4, -0.2) is 52.6 Å². The molecule has 1 aliphatic rings. The minimum atomic E-state index is -1.82. The van der Waals surface area contributed by atoms with E-state index in [-0.39, 0.29) is 11.4 Å². The molecule has 0 radical (unpaired) electrons. The van der Waals surface area contributed by atoms with Crippen molar-refractivity contribution in [3.05, 3.63) is 102 Å². The molecule has 1 heterocycles. The highest BCUT2D eigenvalue weighted by atomic mass is 16.4. The summed E-state index contributed by atoms with van der Waals surface area (Å²) in [6, 6.07) is 31.5. The fraction of sp³-hybridized carbons (Fsp3) is 0.300. The average molecular weight is 503 g/mol. The minimum absolute atomic E-state index is 0.188. The molecule has 7 heteroatoms. The number of likely N-dealkylation sites (tertiary alicyclic amines) is 1. The molecular formula is C30H34N2O5. The molecule has 2 N–H and O–H groups in total. The molecule has 0 spiro atoms. The Morgan fingerprint density at radius 3 is 1.76 bits per heavy atom. The first kappa shape index (κ1) is 27.6. The third kappa shape index (κ3) is 7.27. The summed E-state index contributed by atoms with van der Waals surface area (Å²) in [4.78, 5) is 36.1. The summed E-state index contributed by atoms with van der Waals surface area (Å²) in [7, 11) is 0. The van der Waals surface area contributed by atoms with E-state index in [1.807, 2.05) is 25.1 Å². The summed E-state index contributed by atoms with van der Waals surface area (Å²) < 4.78 is 0. The molecule has 1 saturated heterocycles. The lowest BCUT2D eigenvalue weighted by atomic mass is 9.78. The largest absolute Gasteiger partial charge is 0.473 e. The zero-order chi connectivity index (χ0) is 26.7. The van der Waals surface area contributed by atoms with E-state index in [2.05, 4.69) is 82.6 Å². The number of carbonyl (C=O) groups excluding carboxylic acids is 1. The van der Waals surface area contributed by atoms with Gasteiger partial charge in [-0.2, -0.15) is 0 Å². The van der Waals surface area contributed by atoms with Gasteiger partial charge in [0.2, 0.25) is 5.91 Å². The van der Waals surface area contributed by atoms with Crippen molar-refractivity contribution < 1.29 is 24.6 Å². The third-order valence-electron chi connectivity index (χ3n) is 6.73. The van der Waals surface area contributed by atoms with Crippen molar-refractivity contribution in [1.29, 1.82) is 0 Å². The molecule has 3 aromatic carbocycles. The number of aliphatic carboxylic acids is 2. The zero-order valence-electron chi connectivity index (χ0n) is 21.1. The van der Waals surface area contributed by atoms with Crippen LogP contribution >= 0.6 is 0 Å². The van der Waals surface area contributed by atoms with E-state index in [0.717, 1.165) is 44.6 Å². The lowest BCUT2D eigenvalue weighted by Gasteiger charge is -2.49. The minimum Gasteiger partial charge on any atom is -0.473 e. The van der Waals surface area contributed by atoms with Crippen molar-refractivity contribution in [2.45, 2.75) is 38.1 Å². The first-order valence-electron chi connectivity index (χ1n) is 12.5. The third-order valence-corrected chi connectivity index (χ3v) is 6.73. The van der Waals surface area contributed by atoms with Gasteiger partial charge in [0.1, 0.15) is 0 Å². The molecule has 4 rings (SSSR count). The molecule has 0 bridgehead atoms. The summed E-state index contributed by atoms with van der Waals surface area (Å²) in [6.07, 6.45) is 3.44. The number of anilines is 1. The van der Waals surface area contributed by atoms with Gasteiger partial charge in [0.15, 0.2) is 0 Å². The topological polar surface area (TPSA) is 98.2 Å². The Morgan fingerprint density at radius 1 is 0.784 bits per heavy atom. The molecule has 0 unspecified atom stereocenters.